The second-order valence-corrected chi connectivity index (χ2v) is 12.2. The van der Waals surface area contributed by atoms with Crippen molar-refractivity contribution in [1.29, 1.82) is 0 Å². The average Bonchev–Trinajstić information content (AvgIpc) is 3.47. The molecule has 3 aromatic rings. The third kappa shape index (κ3) is 6.39. The van der Waals surface area contributed by atoms with E-state index in [9.17, 15) is 9.59 Å². The third-order valence-electron chi connectivity index (χ3n) is 9.39. The standard InChI is InChI=1S/C35H42N6O3/c1-23-29(25-9-5-4-6-10-25)20-32-35(43)41(23)12-11-40(3)13-15-44-14-7-8-24-16-30(33(36-2)38-21-24)26-17-27-18-28(34(42)39-32)22-37-31(27)19-26/h4-10,16,18,21-23,26,29,32H,11-15,17,19-20H2,1-3H3,(H,36,38)(H,39,42). The van der Waals surface area contributed by atoms with Crippen LogP contribution in [0, 0.1) is 0 Å². The van der Waals surface area contributed by atoms with E-state index in [1.54, 1.807) is 6.20 Å². The minimum Gasteiger partial charge on any atom is -0.376 e. The van der Waals surface area contributed by atoms with Gasteiger partial charge in [0.15, 0.2) is 0 Å². The molecule has 2 N–H and O–H groups in total. The number of carbonyl (C=O) groups excluding carboxylic acids is 2. The van der Waals surface area contributed by atoms with Crippen LogP contribution in [0.15, 0.2) is 60.9 Å². The maximum atomic E-state index is 13.9. The number of anilines is 1. The molecule has 44 heavy (non-hydrogen) atoms. The Morgan fingerprint density at radius 3 is 2.68 bits per heavy atom. The highest BCUT2D eigenvalue weighted by atomic mass is 16.5. The van der Waals surface area contributed by atoms with Crippen molar-refractivity contribution in [2.24, 2.45) is 0 Å². The molecule has 3 aliphatic rings. The molecular weight excluding hydrogens is 552 g/mol. The van der Waals surface area contributed by atoms with Crippen molar-refractivity contribution in [2.75, 3.05) is 52.3 Å². The van der Waals surface area contributed by atoms with Crippen molar-refractivity contribution in [3.63, 3.8) is 0 Å². The van der Waals surface area contributed by atoms with Gasteiger partial charge in [-0.3, -0.25) is 14.6 Å². The van der Waals surface area contributed by atoms with Gasteiger partial charge in [-0.15, -0.1) is 0 Å². The van der Waals surface area contributed by atoms with Gasteiger partial charge in [0, 0.05) is 56.7 Å². The van der Waals surface area contributed by atoms with Gasteiger partial charge in [-0.2, -0.15) is 0 Å². The predicted octanol–water partition coefficient (Wildman–Crippen LogP) is 3.88. The number of aromatic nitrogens is 2. The van der Waals surface area contributed by atoms with E-state index in [-0.39, 0.29) is 29.7 Å². The van der Waals surface area contributed by atoms with Crippen LogP contribution in [0.3, 0.4) is 0 Å². The molecule has 0 spiro atoms. The molecule has 9 heteroatoms. The number of hydrogen-bond donors (Lipinski definition) is 2. The van der Waals surface area contributed by atoms with Crippen molar-refractivity contribution >= 4 is 23.7 Å². The quantitative estimate of drug-likeness (QED) is 0.465. The molecule has 1 saturated heterocycles. The van der Waals surface area contributed by atoms with Crippen LogP contribution in [0.5, 0.6) is 0 Å². The number of pyridine rings is 2. The summed E-state index contributed by atoms with van der Waals surface area (Å²) in [5, 5.41) is 6.34. The second kappa shape index (κ2) is 13.3. The number of rotatable bonds is 2. The first-order valence-electron chi connectivity index (χ1n) is 15.7. The van der Waals surface area contributed by atoms with Crippen LogP contribution in [0.1, 0.15) is 63.5 Å². The molecular formula is C35H42N6O3. The van der Waals surface area contributed by atoms with Gasteiger partial charge in [-0.25, -0.2) is 4.98 Å². The number of fused-ring (bicyclic) bond motifs is 7. The lowest BCUT2D eigenvalue weighted by atomic mass is 9.81. The van der Waals surface area contributed by atoms with E-state index in [4.69, 9.17) is 9.72 Å². The van der Waals surface area contributed by atoms with Crippen molar-refractivity contribution in [1.82, 2.24) is 25.1 Å². The minimum absolute atomic E-state index is 0.00563. The van der Waals surface area contributed by atoms with Crippen LogP contribution in [-0.2, 0) is 22.4 Å². The Bertz CT molecular complexity index is 1530. The van der Waals surface area contributed by atoms with Gasteiger partial charge < -0.3 is 25.2 Å². The molecule has 4 unspecified atom stereocenters. The molecule has 0 radical (unpaired) electrons. The number of carbonyl (C=O) groups is 2. The zero-order chi connectivity index (χ0) is 30.6. The van der Waals surface area contributed by atoms with E-state index >= 15 is 0 Å². The van der Waals surface area contributed by atoms with Crippen LogP contribution in [0.25, 0.3) is 6.08 Å². The lowest BCUT2D eigenvalue weighted by molar-refractivity contribution is -0.139. The predicted molar refractivity (Wildman–Crippen MR) is 172 cm³/mol. The first-order valence-corrected chi connectivity index (χ1v) is 15.7. The number of likely N-dealkylation sites (N-methyl/N-ethyl adjacent to an activating group) is 1. The number of hydrogen-bond acceptors (Lipinski definition) is 7. The average molecular weight is 595 g/mol. The first-order chi connectivity index (χ1) is 21.4. The normalized spacial score (nSPS) is 24.8. The number of amides is 2. The van der Waals surface area contributed by atoms with Crippen molar-refractivity contribution < 1.29 is 14.3 Å². The molecule has 6 rings (SSSR count). The lowest BCUT2D eigenvalue weighted by Crippen LogP contribution is -2.59. The molecule has 2 amide bonds. The second-order valence-electron chi connectivity index (χ2n) is 12.2. The molecule has 4 heterocycles. The molecule has 230 valence electrons. The summed E-state index contributed by atoms with van der Waals surface area (Å²) in [6.45, 7) is 5.26. The van der Waals surface area contributed by atoms with E-state index in [1.165, 1.54) is 5.56 Å². The number of ether oxygens (including phenoxy) is 1. The minimum atomic E-state index is -0.616. The molecule has 2 aromatic heterocycles. The Kier molecular flexibility index (Phi) is 9.04. The molecule has 2 aliphatic heterocycles. The fourth-order valence-corrected chi connectivity index (χ4v) is 6.83. The maximum Gasteiger partial charge on any atom is 0.253 e. The topological polar surface area (TPSA) is 99.7 Å². The molecule has 9 nitrogen and oxygen atoms in total. The highest BCUT2D eigenvalue weighted by Crippen LogP contribution is 2.37. The fourth-order valence-electron chi connectivity index (χ4n) is 6.83. The van der Waals surface area contributed by atoms with Crippen molar-refractivity contribution in [2.45, 2.75) is 50.1 Å². The summed E-state index contributed by atoms with van der Waals surface area (Å²) in [6, 6.07) is 13.8. The third-order valence-corrected chi connectivity index (χ3v) is 9.39. The number of nitrogens with one attached hydrogen (secondary N) is 2. The summed E-state index contributed by atoms with van der Waals surface area (Å²) < 4.78 is 5.91. The van der Waals surface area contributed by atoms with Gasteiger partial charge >= 0.3 is 0 Å². The van der Waals surface area contributed by atoms with Crippen LogP contribution in [0.4, 0.5) is 5.82 Å². The molecule has 4 atom stereocenters. The van der Waals surface area contributed by atoms with E-state index in [1.807, 2.05) is 55.5 Å². The van der Waals surface area contributed by atoms with Crippen LogP contribution < -0.4 is 10.6 Å². The lowest BCUT2D eigenvalue weighted by Gasteiger charge is -2.43. The highest BCUT2D eigenvalue weighted by Gasteiger charge is 2.41. The zero-order valence-corrected chi connectivity index (χ0v) is 25.8. The van der Waals surface area contributed by atoms with Gasteiger partial charge in [-0.05, 0) is 73.5 Å². The Labute approximate surface area is 259 Å². The van der Waals surface area contributed by atoms with Gasteiger partial charge in [0.1, 0.15) is 11.9 Å². The fraction of sp³-hybridized carbons (Fsp3) is 0.429. The number of piperidine rings is 1. The van der Waals surface area contributed by atoms with Crippen LogP contribution in [0.2, 0.25) is 0 Å². The Morgan fingerprint density at radius 2 is 1.86 bits per heavy atom. The largest absolute Gasteiger partial charge is 0.376 e. The summed E-state index contributed by atoms with van der Waals surface area (Å²) in [5.41, 5.74) is 5.90. The van der Waals surface area contributed by atoms with Crippen LogP contribution in [-0.4, -0.2) is 90.6 Å². The van der Waals surface area contributed by atoms with E-state index in [0.717, 1.165) is 47.6 Å². The maximum absolute atomic E-state index is 13.9. The SMILES string of the molecule is CNc1ncc2cc1C1Cc3cc(cnc3C1)C(=O)NC1CC(c3ccccc3)C(C)N(CCN(C)CCOCC=C2)C1=O. The van der Waals surface area contributed by atoms with Gasteiger partial charge in [0.2, 0.25) is 5.91 Å². The Balaban J connectivity index is 1.30. The Morgan fingerprint density at radius 1 is 1.02 bits per heavy atom. The summed E-state index contributed by atoms with van der Waals surface area (Å²) in [7, 11) is 3.94. The van der Waals surface area contributed by atoms with E-state index < -0.39 is 6.04 Å². The molecule has 0 saturated carbocycles. The monoisotopic (exact) mass is 594 g/mol. The summed E-state index contributed by atoms with van der Waals surface area (Å²) >= 11 is 0. The molecule has 1 fully saturated rings. The van der Waals surface area contributed by atoms with Gasteiger partial charge in [-0.1, -0.05) is 42.5 Å². The zero-order valence-electron chi connectivity index (χ0n) is 25.8. The summed E-state index contributed by atoms with van der Waals surface area (Å²) in [4.78, 5) is 41.1. The molecule has 1 aliphatic carbocycles. The Hall–Kier alpha value is -4.08. The highest BCUT2D eigenvalue weighted by molar-refractivity contribution is 5.98. The first kappa shape index (κ1) is 30.0. The smallest absolute Gasteiger partial charge is 0.253 e. The molecule has 1 aromatic carbocycles. The number of benzene rings is 1. The number of nitrogens with zero attached hydrogens (tertiary/aromatic N) is 4. The van der Waals surface area contributed by atoms with Crippen LogP contribution >= 0.6 is 0 Å². The summed E-state index contributed by atoms with van der Waals surface area (Å²) in [6.07, 6.45) is 9.71. The van der Waals surface area contributed by atoms with Gasteiger partial charge in [0.25, 0.3) is 5.91 Å². The van der Waals surface area contributed by atoms with Crippen molar-refractivity contribution in [3.8, 4) is 0 Å². The van der Waals surface area contributed by atoms with E-state index in [2.05, 4.69) is 51.7 Å². The van der Waals surface area contributed by atoms with Crippen molar-refractivity contribution in [3.05, 3.63) is 94.4 Å². The van der Waals surface area contributed by atoms with Gasteiger partial charge in [0.05, 0.1) is 18.8 Å². The van der Waals surface area contributed by atoms with E-state index in [0.29, 0.717) is 38.3 Å². The molecule has 7 bridgehead atoms. The summed E-state index contributed by atoms with van der Waals surface area (Å²) in [5.74, 6) is 0.870.